The number of tetrazole rings is 1. The van der Waals surface area contributed by atoms with Crippen molar-refractivity contribution in [3.05, 3.63) is 48.3 Å². The third kappa shape index (κ3) is 7.05. The number of carbonyl (C=O) groups is 2. The molecule has 0 aliphatic carbocycles. The normalized spacial score (nSPS) is 12.2. The van der Waals surface area contributed by atoms with E-state index in [-0.39, 0.29) is 29.9 Å². The number of methoxy groups -OCH3 is 2. The number of hydrogen-bond donors (Lipinski definition) is 1. The van der Waals surface area contributed by atoms with Crippen LogP contribution < -0.4 is 19.7 Å². The van der Waals surface area contributed by atoms with Gasteiger partial charge >= 0.3 is 0 Å². The molecular formula is C27H35FN6O4. The second-order valence-corrected chi connectivity index (χ2v) is 10.3. The molecule has 0 bridgehead atoms. The fourth-order valence-corrected chi connectivity index (χ4v) is 3.95. The Morgan fingerprint density at radius 2 is 1.76 bits per heavy atom. The fourth-order valence-electron chi connectivity index (χ4n) is 3.95. The van der Waals surface area contributed by atoms with E-state index in [2.05, 4.69) is 20.7 Å². The van der Waals surface area contributed by atoms with Gasteiger partial charge in [-0.15, -0.1) is 10.2 Å². The topological polar surface area (TPSA) is 111 Å². The zero-order valence-corrected chi connectivity index (χ0v) is 22.9. The molecule has 0 spiro atoms. The average Bonchev–Trinajstić information content (AvgIpc) is 3.31. The van der Waals surface area contributed by atoms with E-state index >= 15 is 0 Å². The molecule has 11 heteroatoms. The molecule has 0 fully saturated rings. The Morgan fingerprint density at radius 1 is 1.08 bits per heavy atom. The summed E-state index contributed by atoms with van der Waals surface area (Å²) in [5, 5.41) is 15.3. The van der Waals surface area contributed by atoms with Crippen LogP contribution >= 0.6 is 0 Å². The number of nitrogens with zero attached hydrogens (tertiary/aromatic N) is 5. The summed E-state index contributed by atoms with van der Waals surface area (Å²) in [5.41, 5.74) is 0.0693. The Bertz CT molecular complexity index is 1270. The van der Waals surface area contributed by atoms with E-state index in [1.54, 1.807) is 24.3 Å². The van der Waals surface area contributed by atoms with Crippen LogP contribution in [-0.4, -0.2) is 57.8 Å². The highest BCUT2D eigenvalue weighted by Gasteiger charge is 2.35. The van der Waals surface area contributed by atoms with Crippen molar-refractivity contribution >= 4 is 17.5 Å². The molecule has 1 N–H and O–H groups in total. The van der Waals surface area contributed by atoms with Gasteiger partial charge < -0.3 is 14.8 Å². The molecular weight excluding hydrogens is 491 g/mol. The lowest BCUT2D eigenvalue weighted by atomic mass is 9.99. The summed E-state index contributed by atoms with van der Waals surface area (Å²) < 4.78 is 25.6. The summed E-state index contributed by atoms with van der Waals surface area (Å²) in [7, 11) is 3.05. The zero-order valence-electron chi connectivity index (χ0n) is 22.9. The van der Waals surface area contributed by atoms with E-state index < -0.39 is 23.3 Å². The average molecular weight is 527 g/mol. The quantitative estimate of drug-likeness (QED) is 0.427. The number of anilines is 1. The molecule has 0 unspecified atom stereocenters. The van der Waals surface area contributed by atoms with Gasteiger partial charge in [-0.2, -0.15) is 4.80 Å². The lowest BCUT2D eigenvalue weighted by Gasteiger charge is -2.34. The third-order valence-electron chi connectivity index (χ3n) is 5.56. The van der Waals surface area contributed by atoms with E-state index in [4.69, 9.17) is 9.47 Å². The van der Waals surface area contributed by atoms with Crippen molar-refractivity contribution in [1.29, 1.82) is 0 Å². The van der Waals surface area contributed by atoms with E-state index in [1.807, 2.05) is 34.6 Å². The monoisotopic (exact) mass is 526 g/mol. The van der Waals surface area contributed by atoms with Crippen molar-refractivity contribution in [2.45, 2.75) is 59.2 Å². The molecule has 3 aromatic rings. The first-order valence-corrected chi connectivity index (χ1v) is 12.3. The molecule has 0 aliphatic heterocycles. The number of benzene rings is 2. The van der Waals surface area contributed by atoms with Gasteiger partial charge in [0.15, 0.2) is 11.5 Å². The molecule has 38 heavy (non-hydrogen) atoms. The summed E-state index contributed by atoms with van der Waals surface area (Å²) >= 11 is 0. The molecule has 0 saturated carbocycles. The van der Waals surface area contributed by atoms with Crippen molar-refractivity contribution in [3.8, 4) is 22.9 Å². The fraction of sp³-hybridized carbons (Fsp3) is 0.444. The van der Waals surface area contributed by atoms with Gasteiger partial charge in [0.25, 0.3) is 5.91 Å². The number of hydrogen-bond acceptors (Lipinski definition) is 7. The molecule has 1 heterocycles. The number of rotatable bonds is 10. The Hall–Kier alpha value is -4.02. The molecule has 0 radical (unpaired) electrons. The van der Waals surface area contributed by atoms with Gasteiger partial charge in [0.1, 0.15) is 18.4 Å². The van der Waals surface area contributed by atoms with Crippen LogP contribution in [0.5, 0.6) is 11.5 Å². The van der Waals surface area contributed by atoms with Crippen molar-refractivity contribution in [2.75, 3.05) is 19.1 Å². The van der Waals surface area contributed by atoms with E-state index in [9.17, 15) is 14.0 Å². The lowest BCUT2D eigenvalue weighted by molar-refractivity contribution is -0.128. The molecule has 0 aliphatic rings. The van der Waals surface area contributed by atoms with Gasteiger partial charge in [0.2, 0.25) is 11.7 Å². The van der Waals surface area contributed by atoms with Gasteiger partial charge in [-0.3, -0.25) is 14.5 Å². The van der Waals surface area contributed by atoms with Crippen molar-refractivity contribution < 1.29 is 23.5 Å². The molecule has 0 saturated heterocycles. The first-order chi connectivity index (χ1) is 17.9. The van der Waals surface area contributed by atoms with Gasteiger partial charge in [0.05, 0.1) is 19.9 Å². The van der Waals surface area contributed by atoms with Crippen molar-refractivity contribution in [2.24, 2.45) is 5.92 Å². The Labute approximate surface area is 222 Å². The predicted molar refractivity (Wildman–Crippen MR) is 141 cm³/mol. The Kier molecular flexibility index (Phi) is 9.03. The minimum Gasteiger partial charge on any atom is -0.493 e. The molecule has 3 rings (SSSR count). The Morgan fingerprint density at radius 3 is 2.37 bits per heavy atom. The highest BCUT2D eigenvalue weighted by molar-refractivity contribution is 6.00. The van der Waals surface area contributed by atoms with Crippen LogP contribution in [0.1, 0.15) is 41.0 Å². The Balaban J connectivity index is 1.96. The molecule has 2 amide bonds. The highest BCUT2D eigenvalue weighted by Crippen LogP contribution is 2.31. The summed E-state index contributed by atoms with van der Waals surface area (Å²) in [6, 6.07) is 10.1. The molecule has 1 atom stereocenters. The maximum Gasteiger partial charge on any atom is 0.251 e. The van der Waals surface area contributed by atoms with E-state index in [0.29, 0.717) is 23.5 Å². The van der Waals surface area contributed by atoms with E-state index in [1.165, 1.54) is 37.3 Å². The first-order valence-electron chi connectivity index (χ1n) is 12.3. The number of carbonyl (C=O) groups excluding carboxylic acids is 2. The van der Waals surface area contributed by atoms with Gasteiger partial charge in [-0.05, 0) is 68.7 Å². The predicted octanol–water partition coefficient (Wildman–Crippen LogP) is 3.86. The minimum atomic E-state index is -0.951. The molecule has 1 aromatic heterocycles. The number of ether oxygens (including phenoxy) is 2. The standard InChI is InChI=1S/C27H35FN6O4/c1-17(2)14-21(26(36)29-27(3,4)5)34(20-11-9-8-10-19(20)28)24(35)16-33-31-25(30-32-33)18-12-13-22(37-6)23(15-18)38-7/h8-13,15,17,21H,14,16H2,1-7H3,(H,29,36)/t21-/m0/s1. The minimum absolute atomic E-state index is 0.00689. The van der Waals surface area contributed by atoms with Crippen LogP contribution in [0.25, 0.3) is 11.4 Å². The second-order valence-electron chi connectivity index (χ2n) is 10.3. The van der Waals surface area contributed by atoms with Gasteiger partial charge in [0, 0.05) is 11.1 Å². The second kappa shape index (κ2) is 12.0. The highest BCUT2D eigenvalue weighted by atomic mass is 19.1. The van der Waals surface area contributed by atoms with Gasteiger partial charge in [-0.25, -0.2) is 4.39 Å². The summed E-state index contributed by atoms with van der Waals surface area (Å²) in [5.74, 6) is -0.194. The summed E-state index contributed by atoms with van der Waals surface area (Å²) in [6.45, 7) is 9.07. The first kappa shape index (κ1) is 28.5. The van der Waals surface area contributed by atoms with Crippen molar-refractivity contribution in [3.63, 3.8) is 0 Å². The molecule has 2 aromatic carbocycles. The van der Waals surface area contributed by atoms with Crippen LogP contribution in [-0.2, 0) is 16.1 Å². The number of halogens is 1. The van der Waals surface area contributed by atoms with Gasteiger partial charge in [-0.1, -0.05) is 26.0 Å². The maximum absolute atomic E-state index is 15.0. The zero-order chi connectivity index (χ0) is 28.0. The van der Waals surface area contributed by atoms with Crippen LogP contribution in [0.3, 0.4) is 0 Å². The van der Waals surface area contributed by atoms with Crippen LogP contribution in [0.4, 0.5) is 10.1 Å². The smallest absolute Gasteiger partial charge is 0.251 e. The number of nitrogens with one attached hydrogen (secondary N) is 1. The number of amides is 2. The summed E-state index contributed by atoms with van der Waals surface area (Å²) in [4.78, 5) is 29.4. The van der Waals surface area contributed by atoms with Crippen LogP contribution in [0.2, 0.25) is 0 Å². The third-order valence-corrected chi connectivity index (χ3v) is 5.56. The van der Waals surface area contributed by atoms with Crippen LogP contribution in [0.15, 0.2) is 42.5 Å². The molecule has 204 valence electrons. The maximum atomic E-state index is 15.0. The number of para-hydroxylation sites is 1. The van der Waals surface area contributed by atoms with Crippen LogP contribution in [0, 0.1) is 11.7 Å². The summed E-state index contributed by atoms with van der Waals surface area (Å²) in [6.07, 6.45) is 0.323. The number of aromatic nitrogens is 4. The largest absolute Gasteiger partial charge is 0.493 e. The van der Waals surface area contributed by atoms with E-state index in [0.717, 1.165) is 4.80 Å². The lowest BCUT2D eigenvalue weighted by Crippen LogP contribution is -2.55. The van der Waals surface area contributed by atoms with Crippen molar-refractivity contribution in [1.82, 2.24) is 25.5 Å². The SMILES string of the molecule is COc1ccc(-c2nnn(CC(=O)N(c3ccccc3F)[C@@H](CC(C)C)C(=O)NC(C)(C)C)n2)cc1OC. The molecule has 10 nitrogen and oxygen atoms in total.